The molecule has 0 spiro atoms. The van der Waals surface area contributed by atoms with Gasteiger partial charge in [0.05, 0.1) is 0 Å². The van der Waals surface area contributed by atoms with E-state index in [1.54, 1.807) is 6.92 Å². The van der Waals surface area contributed by atoms with Crippen LogP contribution in [-0.2, 0) is 0 Å². The fraction of sp³-hybridized carbons (Fsp3) is 0.778. The lowest BCUT2D eigenvalue weighted by atomic mass is 10.2. The average Bonchev–Trinajstić information content (AvgIpc) is 2.50. The number of hydrogen-bond acceptors (Lipinski definition) is 4. The molecule has 0 aliphatic heterocycles. The maximum absolute atomic E-state index is 5.81. The maximum atomic E-state index is 5.81. The summed E-state index contributed by atoms with van der Waals surface area (Å²) in [5.74, 6) is 1.03. The number of rotatable bonds is 4. The summed E-state index contributed by atoms with van der Waals surface area (Å²) in [5.41, 5.74) is 0. The first kappa shape index (κ1) is 11.3. The summed E-state index contributed by atoms with van der Waals surface area (Å²) in [7, 11) is 1.93. The largest absolute Gasteiger partial charge is 0.406 e. The van der Waals surface area contributed by atoms with Crippen molar-refractivity contribution in [3.05, 3.63) is 5.89 Å². The van der Waals surface area contributed by atoms with E-state index in [1.165, 1.54) is 0 Å². The van der Waals surface area contributed by atoms with Crippen molar-refractivity contribution in [1.29, 1.82) is 0 Å². The molecular weight excluding hydrogens is 202 g/mol. The molecule has 1 aromatic heterocycles. The Balaban J connectivity index is 2.66. The zero-order valence-corrected chi connectivity index (χ0v) is 9.75. The van der Waals surface area contributed by atoms with E-state index in [9.17, 15) is 0 Å². The highest BCUT2D eigenvalue weighted by molar-refractivity contribution is 6.20. The SMILES string of the molecule is CC(C)CN(C)c1nnc(C(C)Cl)o1. The van der Waals surface area contributed by atoms with Crippen molar-refractivity contribution in [3.8, 4) is 0 Å². The second kappa shape index (κ2) is 4.64. The quantitative estimate of drug-likeness (QED) is 0.727. The number of halogens is 1. The Hall–Kier alpha value is -0.770. The molecule has 0 aliphatic rings. The van der Waals surface area contributed by atoms with E-state index in [1.807, 2.05) is 11.9 Å². The molecule has 0 amide bonds. The zero-order chi connectivity index (χ0) is 10.7. The first-order valence-corrected chi connectivity index (χ1v) is 5.13. The number of hydrogen-bond donors (Lipinski definition) is 0. The van der Waals surface area contributed by atoms with Crippen LogP contribution in [-0.4, -0.2) is 23.8 Å². The summed E-state index contributed by atoms with van der Waals surface area (Å²) in [6.45, 7) is 6.97. The van der Waals surface area contributed by atoms with Gasteiger partial charge in [-0.2, -0.15) is 0 Å². The molecule has 0 bridgehead atoms. The second-order valence-corrected chi connectivity index (χ2v) is 4.47. The summed E-state index contributed by atoms with van der Waals surface area (Å²) in [6, 6.07) is 0.529. The summed E-state index contributed by atoms with van der Waals surface area (Å²) < 4.78 is 5.38. The Kier molecular flexibility index (Phi) is 3.75. The molecule has 0 radical (unpaired) electrons. The maximum Gasteiger partial charge on any atom is 0.317 e. The van der Waals surface area contributed by atoms with Crippen molar-refractivity contribution in [2.45, 2.75) is 26.1 Å². The molecular formula is C9H16ClN3O. The monoisotopic (exact) mass is 217 g/mol. The van der Waals surface area contributed by atoms with Crippen LogP contribution in [0.2, 0.25) is 0 Å². The molecule has 0 fully saturated rings. The smallest absolute Gasteiger partial charge is 0.317 e. The molecule has 4 nitrogen and oxygen atoms in total. The highest BCUT2D eigenvalue weighted by atomic mass is 35.5. The highest BCUT2D eigenvalue weighted by Crippen LogP contribution is 2.21. The first-order valence-electron chi connectivity index (χ1n) is 4.69. The molecule has 80 valence electrons. The topological polar surface area (TPSA) is 42.2 Å². The summed E-state index contributed by atoms with van der Waals surface area (Å²) in [6.07, 6.45) is 0. The Morgan fingerprint density at radius 3 is 2.43 bits per heavy atom. The third-order valence-corrected chi connectivity index (χ3v) is 1.92. The second-order valence-electron chi connectivity index (χ2n) is 3.81. The summed E-state index contributed by atoms with van der Waals surface area (Å²) in [5, 5.41) is 7.54. The normalized spacial score (nSPS) is 13.3. The van der Waals surface area contributed by atoms with Crippen LogP contribution in [0.15, 0.2) is 4.42 Å². The van der Waals surface area contributed by atoms with Crippen LogP contribution in [0.5, 0.6) is 0 Å². The van der Waals surface area contributed by atoms with Gasteiger partial charge in [-0.05, 0) is 12.8 Å². The molecule has 0 saturated carbocycles. The third kappa shape index (κ3) is 2.87. The molecule has 1 heterocycles. The minimum Gasteiger partial charge on any atom is -0.406 e. The van der Waals surface area contributed by atoms with Gasteiger partial charge in [0.1, 0.15) is 5.38 Å². The van der Waals surface area contributed by atoms with E-state index in [-0.39, 0.29) is 5.38 Å². The average molecular weight is 218 g/mol. The predicted octanol–water partition coefficient (Wildman–Crippen LogP) is 2.46. The number of alkyl halides is 1. The van der Waals surface area contributed by atoms with Crippen molar-refractivity contribution >= 4 is 17.6 Å². The predicted molar refractivity (Wildman–Crippen MR) is 56.7 cm³/mol. The number of nitrogens with zero attached hydrogens (tertiary/aromatic N) is 3. The molecule has 14 heavy (non-hydrogen) atoms. The van der Waals surface area contributed by atoms with Crippen LogP contribution >= 0.6 is 11.6 Å². The van der Waals surface area contributed by atoms with E-state index < -0.39 is 0 Å². The lowest BCUT2D eigenvalue weighted by molar-refractivity contribution is 0.480. The molecule has 0 aromatic carbocycles. The van der Waals surface area contributed by atoms with Gasteiger partial charge in [0.2, 0.25) is 5.89 Å². The Morgan fingerprint density at radius 1 is 1.36 bits per heavy atom. The van der Waals surface area contributed by atoms with Gasteiger partial charge >= 0.3 is 6.01 Å². The fourth-order valence-corrected chi connectivity index (χ4v) is 1.26. The van der Waals surface area contributed by atoms with Gasteiger partial charge < -0.3 is 9.32 Å². The van der Waals surface area contributed by atoms with Crippen molar-refractivity contribution in [1.82, 2.24) is 10.2 Å². The van der Waals surface area contributed by atoms with Gasteiger partial charge in [-0.15, -0.1) is 16.7 Å². The van der Waals surface area contributed by atoms with Gasteiger partial charge in [0, 0.05) is 13.6 Å². The van der Waals surface area contributed by atoms with Gasteiger partial charge in [-0.25, -0.2) is 0 Å². The van der Waals surface area contributed by atoms with E-state index in [0.29, 0.717) is 17.8 Å². The van der Waals surface area contributed by atoms with Gasteiger partial charge in [-0.3, -0.25) is 0 Å². The van der Waals surface area contributed by atoms with Crippen molar-refractivity contribution in [2.24, 2.45) is 5.92 Å². The van der Waals surface area contributed by atoms with E-state index in [0.717, 1.165) is 6.54 Å². The van der Waals surface area contributed by atoms with Gasteiger partial charge in [0.15, 0.2) is 0 Å². The van der Waals surface area contributed by atoms with Crippen molar-refractivity contribution in [3.63, 3.8) is 0 Å². The molecule has 1 atom stereocenters. The zero-order valence-electron chi connectivity index (χ0n) is 8.99. The first-order chi connectivity index (χ1) is 6.50. The van der Waals surface area contributed by atoms with Crippen LogP contribution in [0.1, 0.15) is 32.0 Å². The summed E-state index contributed by atoms with van der Waals surface area (Å²) >= 11 is 5.81. The molecule has 0 saturated heterocycles. The van der Waals surface area contributed by atoms with Gasteiger partial charge in [-0.1, -0.05) is 18.9 Å². The summed E-state index contributed by atoms with van der Waals surface area (Å²) in [4.78, 5) is 1.93. The lowest BCUT2D eigenvalue weighted by Gasteiger charge is -2.15. The number of anilines is 1. The lowest BCUT2D eigenvalue weighted by Crippen LogP contribution is -2.22. The molecule has 1 aromatic rings. The van der Waals surface area contributed by atoms with E-state index in [2.05, 4.69) is 24.0 Å². The van der Waals surface area contributed by atoms with Crippen molar-refractivity contribution in [2.75, 3.05) is 18.5 Å². The highest BCUT2D eigenvalue weighted by Gasteiger charge is 2.14. The number of aromatic nitrogens is 2. The van der Waals surface area contributed by atoms with Crippen LogP contribution in [0.4, 0.5) is 6.01 Å². The van der Waals surface area contributed by atoms with Crippen LogP contribution in [0.25, 0.3) is 0 Å². The fourth-order valence-electron chi connectivity index (χ4n) is 1.17. The standard InChI is InChI=1S/C9H16ClN3O/c1-6(2)5-13(4)9-12-11-8(14-9)7(3)10/h6-7H,5H2,1-4H3. The van der Waals surface area contributed by atoms with Crippen LogP contribution in [0, 0.1) is 5.92 Å². The molecule has 5 heteroatoms. The van der Waals surface area contributed by atoms with Crippen LogP contribution < -0.4 is 4.90 Å². The van der Waals surface area contributed by atoms with E-state index in [4.69, 9.17) is 16.0 Å². The molecule has 1 rings (SSSR count). The minimum atomic E-state index is -0.233. The molecule has 0 N–H and O–H groups in total. The molecule has 1 unspecified atom stereocenters. The van der Waals surface area contributed by atoms with Gasteiger partial charge in [0.25, 0.3) is 0 Å². The van der Waals surface area contributed by atoms with E-state index >= 15 is 0 Å². The minimum absolute atomic E-state index is 0.233. The Bertz CT molecular complexity index is 285. The Labute approximate surface area is 89.3 Å². The van der Waals surface area contributed by atoms with Crippen LogP contribution in [0.3, 0.4) is 0 Å². The third-order valence-electron chi connectivity index (χ3n) is 1.74. The Morgan fingerprint density at radius 2 is 2.00 bits per heavy atom. The molecule has 0 aliphatic carbocycles. The van der Waals surface area contributed by atoms with Crippen molar-refractivity contribution < 1.29 is 4.42 Å².